The molecule has 0 rings (SSSR count). The van der Waals surface area contributed by atoms with E-state index >= 15 is 0 Å². The lowest BCUT2D eigenvalue weighted by Crippen LogP contribution is -2.37. The van der Waals surface area contributed by atoms with Crippen LogP contribution < -0.4 is 4.89 Å². The summed E-state index contributed by atoms with van der Waals surface area (Å²) >= 11 is 0. The molecule has 0 fully saturated rings. The standard InChI is InChI=1S/C66H116NO8P/c1-6-8-10-12-14-16-18-20-21-22-23-24-25-26-27-28-29-30-31-32-33-34-35-36-37-38-39-40-41-42-43-44-45-47-49-51-53-55-57-59-66(69)75-64(63-74-76(70,71)73-61-60-67(3,4)5)62-72-65(68)58-56-54-52-50-48-46-19-17-15-13-11-9-7-2/h8-11,14-17,20-21,23-24,46,48,52,54,64H,6-7,12-13,18-19,22,25-45,47,49-51,53,55-63H2,1-5H3/b10-8-,11-9-,16-14-,17-15-,21-20-,24-23-,48-46-,54-52-. The van der Waals surface area contributed by atoms with E-state index in [1.165, 1.54) is 148 Å². The smallest absolute Gasteiger partial charge is 0.306 e. The van der Waals surface area contributed by atoms with Gasteiger partial charge in [0.1, 0.15) is 19.8 Å². The van der Waals surface area contributed by atoms with Gasteiger partial charge in [-0.25, -0.2) is 0 Å². The molecule has 0 bridgehead atoms. The molecule has 0 amide bonds. The van der Waals surface area contributed by atoms with Gasteiger partial charge in [-0.1, -0.05) is 265 Å². The molecule has 0 aromatic carbocycles. The topological polar surface area (TPSA) is 111 Å². The normalized spacial score (nSPS) is 13.9. The van der Waals surface area contributed by atoms with Crippen molar-refractivity contribution in [1.82, 2.24) is 0 Å². The van der Waals surface area contributed by atoms with Crippen molar-refractivity contribution in [2.45, 2.75) is 264 Å². The van der Waals surface area contributed by atoms with Crippen LogP contribution in [0.15, 0.2) is 97.2 Å². The van der Waals surface area contributed by atoms with Crippen LogP contribution in [-0.4, -0.2) is 70.0 Å². The molecule has 0 aromatic rings. The van der Waals surface area contributed by atoms with Crippen molar-refractivity contribution in [2.24, 2.45) is 0 Å². The highest BCUT2D eigenvalue weighted by Crippen LogP contribution is 2.38. The van der Waals surface area contributed by atoms with E-state index in [2.05, 4.69) is 98.9 Å². The third kappa shape index (κ3) is 60.2. The number of hydrogen-bond acceptors (Lipinski definition) is 8. The zero-order valence-electron chi connectivity index (χ0n) is 49.7. The molecule has 0 aliphatic rings. The second kappa shape index (κ2) is 56.6. The minimum Gasteiger partial charge on any atom is -0.756 e. The molecule has 0 N–H and O–H groups in total. The van der Waals surface area contributed by atoms with E-state index in [9.17, 15) is 19.0 Å². The SMILES string of the molecule is CC/C=C\C/C=C\C/C=C\C/C=C\CCCCCCCCCCCCCCCCCCCCCCCCCCCCC(=O)OC(COC(=O)CC/C=C\C/C=C\C/C=C\C/C=C\CC)COP(=O)([O-])OCC[N+](C)(C)C. The molecule has 438 valence electrons. The van der Waals surface area contributed by atoms with Gasteiger partial charge < -0.3 is 27.9 Å². The summed E-state index contributed by atoms with van der Waals surface area (Å²) in [5.74, 6) is -0.925. The third-order valence-electron chi connectivity index (χ3n) is 13.1. The highest BCUT2D eigenvalue weighted by Gasteiger charge is 2.21. The number of unbranched alkanes of at least 4 members (excludes halogenated alkanes) is 26. The monoisotopic (exact) mass is 1080 g/mol. The molecule has 2 unspecified atom stereocenters. The number of carbonyl (C=O) groups is 2. The van der Waals surface area contributed by atoms with E-state index < -0.39 is 32.5 Å². The first-order valence-electron chi connectivity index (χ1n) is 30.9. The van der Waals surface area contributed by atoms with Crippen LogP contribution in [0.2, 0.25) is 0 Å². The number of quaternary nitrogens is 1. The van der Waals surface area contributed by atoms with E-state index in [0.717, 1.165) is 70.6 Å². The molecule has 9 nitrogen and oxygen atoms in total. The van der Waals surface area contributed by atoms with Gasteiger partial charge in [0.2, 0.25) is 0 Å². The lowest BCUT2D eigenvalue weighted by atomic mass is 10.0. The van der Waals surface area contributed by atoms with Crippen LogP contribution in [0, 0.1) is 0 Å². The van der Waals surface area contributed by atoms with Crippen LogP contribution in [0.5, 0.6) is 0 Å². The average Bonchev–Trinajstić information content (AvgIpc) is 3.38. The number of nitrogens with zero attached hydrogens (tertiary/aromatic N) is 1. The van der Waals surface area contributed by atoms with Crippen molar-refractivity contribution in [3.63, 3.8) is 0 Å². The first-order valence-corrected chi connectivity index (χ1v) is 32.4. The Kier molecular flexibility index (Phi) is 54.4. The molecule has 2 atom stereocenters. The zero-order chi connectivity index (χ0) is 55.6. The second-order valence-corrected chi connectivity index (χ2v) is 23.1. The molecular weight excluding hydrogens is 966 g/mol. The molecule has 10 heteroatoms. The van der Waals surface area contributed by atoms with Crippen molar-refractivity contribution in [3.05, 3.63) is 97.2 Å². The second-order valence-electron chi connectivity index (χ2n) is 21.7. The Morgan fingerprint density at radius 2 is 0.737 bits per heavy atom. The summed E-state index contributed by atoms with van der Waals surface area (Å²) in [6.45, 7) is 3.93. The summed E-state index contributed by atoms with van der Waals surface area (Å²) < 4.78 is 34.0. The minimum absolute atomic E-state index is 0.0432. The van der Waals surface area contributed by atoms with Gasteiger partial charge in [0.15, 0.2) is 6.10 Å². The fourth-order valence-electron chi connectivity index (χ4n) is 8.43. The largest absolute Gasteiger partial charge is 0.756 e. The van der Waals surface area contributed by atoms with Gasteiger partial charge in [0.25, 0.3) is 7.82 Å². The van der Waals surface area contributed by atoms with Crippen molar-refractivity contribution < 1.29 is 42.1 Å². The molecule has 0 aliphatic heterocycles. The summed E-state index contributed by atoms with van der Waals surface area (Å²) in [7, 11) is 1.13. The highest BCUT2D eigenvalue weighted by atomic mass is 31.2. The number of allylic oxidation sites excluding steroid dienone is 16. The number of phosphoric acid groups is 1. The Labute approximate surface area is 468 Å². The lowest BCUT2D eigenvalue weighted by molar-refractivity contribution is -0.870. The van der Waals surface area contributed by atoms with E-state index in [1.807, 2.05) is 33.3 Å². The molecule has 0 radical (unpaired) electrons. The number of ether oxygens (including phenoxy) is 2. The van der Waals surface area contributed by atoms with Crippen LogP contribution in [0.3, 0.4) is 0 Å². The summed E-state index contributed by atoms with van der Waals surface area (Å²) in [4.78, 5) is 37.7. The maximum absolute atomic E-state index is 12.8. The summed E-state index contributed by atoms with van der Waals surface area (Å²) in [5.41, 5.74) is 0. The van der Waals surface area contributed by atoms with E-state index in [0.29, 0.717) is 23.9 Å². The van der Waals surface area contributed by atoms with Crippen LogP contribution >= 0.6 is 7.82 Å². The fourth-order valence-corrected chi connectivity index (χ4v) is 9.16. The van der Waals surface area contributed by atoms with Crippen LogP contribution in [0.4, 0.5) is 0 Å². The van der Waals surface area contributed by atoms with Crippen LogP contribution in [0.1, 0.15) is 258 Å². The molecule has 0 aliphatic carbocycles. The Morgan fingerprint density at radius 3 is 1.11 bits per heavy atom. The minimum atomic E-state index is -4.65. The van der Waals surface area contributed by atoms with Gasteiger partial charge in [-0.2, -0.15) is 0 Å². The van der Waals surface area contributed by atoms with Gasteiger partial charge in [-0.15, -0.1) is 0 Å². The van der Waals surface area contributed by atoms with E-state index in [-0.39, 0.29) is 26.1 Å². The zero-order valence-corrected chi connectivity index (χ0v) is 50.6. The molecule has 0 saturated heterocycles. The van der Waals surface area contributed by atoms with Gasteiger partial charge in [-0.05, 0) is 77.0 Å². The number of esters is 2. The van der Waals surface area contributed by atoms with Gasteiger partial charge in [0, 0.05) is 12.8 Å². The predicted molar refractivity (Wildman–Crippen MR) is 323 cm³/mol. The number of carbonyl (C=O) groups excluding carboxylic acids is 2. The average molecular weight is 1080 g/mol. The first kappa shape index (κ1) is 72.9. The molecule has 0 saturated carbocycles. The number of likely N-dealkylation sites (N-methyl/N-ethyl adjacent to an activating group) is 1. The lowest BCUT2D eigenvalue weighted by Gasteiger charge is -2.28. The molecule has 0 aromatic heterocycles. The van der Waals surface area contributed by atoms with Crippen molar-refractivity contribution in [3.8, 4) is 0 Å². The maximum atomic E-state index is 12.8. The van der Waals surface area contributed by atoms with Crippen molar-refractivity contribution in [1.29, 1.82) is 0 Å². The summed E-state index contributed by atoms with van der Waals surface area (Å²) in [5, 5.41) is 0. The highest BCUT2D eigenvalue weighted by molar-refractivity contribution is 7.45. The van der Waals surface area contributed by atoms with Crippen molar-refractivity contribution >= 4 is 19.8 Å². The summed E-state index contributed by atoms with van der Waals surface area (Å²) in [6, 6.07) is 0. The summed E-state index contributed by atoms with van der Waals surface area (Å²) in [6.07, 6.45) is 78.1. The van der Waals surface area contributed by atoms with Crippen LogP contribution in [0.25, 0.3) is 0 Å². The molecular formula is C66H116NO8P. The third-order valence-corrected chi connectivity index (χ3v) is 14.1. The quantitative estimate of drug-likeness (QED) is 0.0195. The van der Waals surface area contributed by atoms with E-state index in [4.69, 9.17) is 18.5 Å². The van der Waals surface area contributed by atoms with Gasteiger partial charge >= 0.3 is 11.9 Å². The van der Waals surface area contributed by atoms with Gasteiger partial charge in [-0.3, -0.25) is 14.2 Å². The Bertz CT molecular complexity index is 1600. The number of hydrogen-bond donors (Lipinski definition) is 0. The first-order chi connectivity index (χ1) is 37.0. The Balaban J connectivity index is 3.92. The predicted octanol–water partition coefficient (Wildman–Crippen LogP) is 19.0. The molecule has 0 heterocycles. The van der Waals surface area contributed by atoms with Crippen molar-refractivity contribution in [2.75, 3.05) is 47.5 Å². The number of rotatable bonds is 56. The fraction of sp³-hybridized carbons (Fsp3) is 0.727. The Morgan fingerprint density at radius 1 is 0.408 bits per heavy atom. The Hall–Kier alpha value is -3.07. The van der Waals surface area contributed by atoms with Crippen LogP contribution in [-0.2, 0) is 32.7 Å². The molecule has 76 heavy (non-hydrogen) atoms. The van der Waals surface area contributed by atoms with E-state index in [1.54, 1.807) is 0 Å². The molecule has 0 spiro atoms. The maximum Gasteiger partial charge on any atom is 0.306 e. The number of phosphoric ester groups is 1. The van der Waals surface area contributed by atoms with Gasteiger partial charge in [0.05, 0.1) is 27.7 Å².